The van der Waals surface area contributed by atoms with Crippen molar-refractivity contribution in [2.24, 2.45) is 0 Å². The summed E-state index contributed by atoms with van der Waals surface area (Å²) in [5.41, 5.74) is 1.39. The monoisotopic (exact) mass is 415 g/mol. The van der Waals surface area contributed by atoms with Crippen LogP contribution >= 0.6 is 11.6 Å². The van der Waals surface area contributed by atoms with Gasteiger partial charge in [0.15, 0.2) is 6.61 Å². The van der Waals surface area contributed by atoms with Crippen LogP contribution in [0.3, 0.4) is 0 Å². The Balaban J connectivity index is 1.82. The Labute approximate surface area is 174 Å². The zero-order valence-corrected chi connectivity index (χ0v) is 17.0. The van der Waals surface area contributed by atoms with E-state index in [1.165, 1.54) is 4.90 Å². The van der Waals surface area contributed by atoms with E-state index in [4.69, 9.17) is 16.3 Å². The Kier molecular flexibility index (Phi) is 6.39. The van der Waals surface area contributed by atoms with E-state index in [2.05, 4.69) is 5.32 Å². The highest BCUT2D eigenvalue weighted by Gasteiger charge is 2.29. The summed E-state index contributed by atoms with van der Waals surface area (Å²) in [4.78, 5) is 40.4. The normalized spacial score (nSPS) is 12.8. The molecule has 1 heterocycles. The Morgan fingerprint density at radius 3 is 2.48 bits per heavy atom. The molecule has 0 unspecified atom stereocenters. The zero-order valence-electron chi connectivity index (χ0n) is 16.3. The summed E-state index contributed by atoms with van der Waals surface area (Å²) in [6, 6.07) is 11.5. The topological polar surface area (TPSA) is 79.0 Å². The Morgan fingerprint density at radius 2 is 1.83 bits per heavy atom. The minimum atomic E-state index is -0.310. The fraction of sp³-hybridized carbons (Fsp3) is 0.286. The van der Waals surface area contributed by atoms with Gasteiger partial charge in [-0.2, -0.15) is 0 Å². The number of likely N-dealkylation sites (N-methyl/N-ethyl adjacent to an activating group) is 1. The smallest absolute Gasteiger partial charge is 0.265 e. The number of ether oxygens (including phenoxy) is 1. The average Bonchev–Trinajstić information content (AvgIpc) is 2.71. The lowest BCUT2D eigenvalue weighted by molar-refractivity contribution is -0.131. The van der Waals surface area contributed by atoms with Crippen molar-refractivity contribution < 1.29 is 19.1 Å². The molecule has 0 aromatic heterocycles. The first kappa shape index (κ1) is 20.7. The molecule has 0 aliphatic carbocycles. The van der Waals surface area contributed by atoms with Crippen molar-refractivity contribution in [2.75, 3.05) is 36.5 Å². The van der Waals surface area contributed by atoms with E-state index in [1.807, 2.05) is 13.8 Å². The quantitative estimate of drug-likeness (QED) is 0.785. The van der Waals surface area contributed by atoms with Crippen LogP contribution < -0.4 is 15.0 Å². The van der Waals surface area contributed by atoms with Crippen LogP contribution in [0.2, 0.25) is 5.02 Å². The van der Waals surface area contributed by atoms with Gasteiger partial charge in [-0.15, -0.1) is 0 Å². The van der Waals surface area contributed by atoms with Crippen molar-refractivity contribution in [1.29, 1.82) is 0 Å². The Hall–Kier alpha value is -3.06. The molecule has 0 radical (unpaired) electrons. The minimum absolute atomic E-state index is 0.0779. The first-order valence-electron chi connectivity index (χ1n) is 9.34. The molecule has 8 heteroatoms. The Morgan fingerprint density at radius 1 is 1.14 bits per heavy atom. The average molecular weight is 416 g/mol. The molecule has 2 aromatic carbocycles. The highest BCUT2D eigenvalue weighted by molar-refractivity contribution is 6.30. The summed E-state index contributed by atoms with van der Waals surface area (Å²) >= 11 is 5.86. The van der Waals surface area contributed by atoms with E-state index < -0.39 is 0 Å². The molecule has 3 amide bonds. The molecule has 29 heavy (non-hydrogen) atoms. The van der Waals surface area contributed by atoms with Crippen molar-refractivity contribution >= 4 is 40.7 Å². The van der Waals surface area contributed by atoms with Crippen LogP contribution in [-0.2, 0) is 9.59 Å². The first-order chi connectivity index (χ1) is 13.9. The number of benzene rings is 2. The lowest BCUT2D eigenvalue weighted by Gasteiger charge is -2.31. The van der Waals surface area contributed by atoms with Gasteiger partial charge in [0.05, 0.1) is 5.69 Å². The predicted octanol–water partition coefficient (Wildman–Crippen LogP) is 3.19. The third kappa shape index (κ3) is 4.68. The first-order valence-corrected chi connectivity index (χ1v) is 9.72. The number of carbonyl (C=O) groups excluding carboxylic acids is 3. The number of halogens is 1. The molecule has 0 saturated carbocycles. The number of fused-ring (bicyclic) bond motifs is 1. The molecule has 7 nitrogen and oxygen atoms in total. The molecular weight excluding hydrogens is 394 g/mol. The van der Waals surface area contributed by atoms with E-state index in [-0.39, 0.29) is 30.9 Å². The summed E-state index contributed by atoms with van der Waals surface area (Å²) in [6.45, 7) is 4.71. The second kappa shape index (κ2) is 8.96. The predicted molar refractivity (Wildman–Crippen MR) is 112 cm³/mol. The third-order valence-corrected chi connectivity index (χ3v) is 4.93. The maximum absolute atomic E-state index is 12.5. The van der Waals surface area contributed by atoms with Crippen molar-refractivity contribution in [2.45, 2.75) is 13.8 Å². The van der Waals surface area contributed by atoms with E-state index in [0.717, 1.165) is 0 Å². The van der Waals surface area contributed by atoms with Crippen molar-refractivity contribution in [3.63, 3.8) is 0 Å². The maximum atomic E-state index is 12.5. The molecule has 152 valence electrons. The lowest BCUT2D eigenvalue weighted by Crippen LogP contribution is -2.46. The summed E-state index contributed by atoms with van der Waals surface area (Å²) in [7, 11) is 0. The van der Waals surface area contributed by atoms with Gasteiger partial charge >= 0.3 is 0 Å². The number of nitrogens with zero attached hydrogens (tertiary/aromatic N) is 2. The number of amides is 3. The molecular formula is C21H22ClN3O4. The molecule has 0 fully saturated rings. The maximum Gasteiger partial charge on any atom is 0.265 e. The van der Waals surface area contributed by atoms with Crippen LogP contribution in [0.1, 0.15) is 24.2 Å². The van der Waals surface area contributed by atoms with Gasteiger partial charge in [-0.25, -0.2) is 0 Å². The summed E-state index contributed by atoms with van der Waals surface area (Å²) in [5, 5.41) is 3.33. The fourth-order valence-electron chi connectivity index (χ4n) is 3.07. The zero-order chi connectivity index (χ0) is 21.0. The Bertz CT molecular complexity index is 926. The summed E-state index contributed by atoms with van der Waals surface area (Å²) in [6.07, 6.45) is 0. The number of rotatable bonds is 6. The molecule has 1 aliphatic heterocycles. The molecule has 0 atom stereocenters. The summed E-state index contributed by atoms with van der Waals surface area (Å²) in [5.74, 6) is -0.275. The third-order valence-electron chi connectivity index (χ3n) is 4.68. The highest BCUT2D eigenvalue weighted by Crippen LogP contribution is 2.34. The number of carbonyl (C=O) groups is 3. The van der Waals surface area contributed by atoms with Crippen LogP contribution in [0.4, 0.5) is 11.4 Å². The SMILES string of the molecule is CCN(CC)C(=O)CN1C(=O)COc2ccc(NC(=O)c3ccc(Cl)cc3)cc21. The van der Waals surface area contributed by atoms with E-state index in [9.17, 15) is 14.4 Å². The molecule has 1 N–H and O–H groups in total. The highest BCUT2D eigenvalue weighted by atomic mass is 35.5. The van der Waals surface area contributed by atoms with Crippen LogP contribution in [0.25, 0.3) is 0 Å². The number of hydrogen-bond acceptors (Lipinski definition) is 4. The van der Waals surface area contributed by atoms with Crippen molar-refractivity contribution in [3.05, 3.63) is 53.1 Å². The van der Waals surface area contributed by atoms with Gasteiger partial charge in [0.2, 0.25) is 5.91 Å². The van der Waals surface area contributed by atoms with Gasteiger partial charge in [0.1, 0.15) is 12.3 Å². The number of hydrogen-bond donors (Lipinski definition) is 1. The van der Waals surface area contributed by atoms with Gasteiger partial charge in [-0.1, -0.05) is 11.6 Å². The second-order valence-electron chi connectivity index (χ2n) is 6.48. The van der Waals surface area contributed by atoms with Gasteiger partial charge in [-0.05, 0) is 56.3 Å². The van der Waals surface area contributed by atoms with Gasteiger partial charge in [0, 0.05) is 29.4 Å². The molecule has 3 rings (SSSR count). The second-order valence-corrected chi connectivity index (χ2v) is 6.91. The van der Waals surface area contributed by atoms with Crippen molar-refractivity contribution in [3.8, 4) is 5.75 Å². The molecule has 1 aliphatic rings. The van der Waals surface area contributed by atoms with E-state index in [0.29, 0.717) is 40.8 Å². The van der Waals surface area contributed by atoms with E-state index in [1.54, 1.807) is 47.4 Å². The number of nitrogens with one attached hydrogen (secondary N) is 1. The largest absolute Gasteiger partial charge is 0.482 e. The molecule has 0 bridgehead atoms. The molecule has 0 saturated heterocycles. The standard InChI is InChI=1S/C21H22ClN3O4/c1-3-24(4-2)19(26)12-25-17-11-16(9-10-18(17)29-13-20(25)27)23-21(28)14-5-7-15(22)8-6-14/h5-11H,3-4,12-13H2,1-2H3,(H,23,28). The van der Waals surface area contributed by atoms with Crippen LogP contribution in [-0.4, -0.2) is 48.9 Å². The lowest BCUT2D eigenvalue weighted by atomic mass is 10.1. The van der Waals surface area contributed by atoms with Crippen molar-refractivity contribution in [1.82, 2.24) is 4.90 Å². The van der Waals surface area contributed by atoms with Crippen LogP contribution in [0.15, 0.2) is 42.5 Å². The summed E-state index contributed by atoms with van der Waals surface area (Å²) < 4.78 is 5.47. The fourth-order valence-corrected chi connectivity index (χ4v) is 3.20. The van der Waals surface area contributed by atoms with Crippen LogP contribution in [0.5, 0.6) is 5.75 Å². The van der Waals surface area contributed by atoms with Gasteiger partial charge in [-0.3, -0.25) is 19.3 Å². The van der Waals surface area contributed by atoms with Crippen LogP contribution in [0, 0.1) is 0 Å². The minimum Gasteiger partial charge on any atom is -0.482 e. The van der Waals surface area contributed by atoms with Gasteiger partial charge in [0.25, 0.3) is 11.8 Å². The number of anilines is 2. The van der Waals surface area contributed by atoms with E-state index >= 15 is 0 Å². The molecule has 0 spiro atoms. The molecule has 2 aromatic rings. The van der Waals surface area contributed by atoms with Gasteiger partial charge < -0.3 is 15.0 Å².